The van der Waals surface area contributed by atoms with Crippen molar-refractivity contribution in [3.05, 3.63) is 0 Å². The van der Waals surface area contributed by atoms with Crippen LogP contribution in [0.15, 0.2) is 0 Å². The molecule has 0 unspecified atom stereocenters. The molecule has 0 bridgehead atoms. The van der Waals surface area contributed by atoms with Gasteiger partial charge in [-0.1, -0.05) is 13.8 Å². The fourth-order valence-corrected chi connectivity index (χ4v) is 1.37. The van der Waals surface area contributed by atoms with Gasteiger partial charge in [0.2, 0.25) is 0 Å². The molecular formula is C7H15NO2S. The molecule has 2 atom stereocenters. The fraction of sp³-hybridized carbons (Fsp3) is 0.857. The summed E-state index contributed by atoms with van der Waals surface area (Å²) >= 11 is 1.61. The largest absolute Gasteiger partial charge is 0.480 e. The van der Waals surface area contributed by atoms with Crippen LogP contribution in [0.4, 0.5) is 0 Å². The molecule has 0 spiro atoms. The summed E-state index contributed by atoms with van der Waals surface area (Å²) in [6.07, 6.45) is 1.05. The molecule has 0 rings (SSSR count). The van der Waals surface area contributed by atoms with Crippen molar-refractivity contribution < 1.29 is 9.90 Å². The second-order valence-electron chi connectivity index (χ2n) is 2.50. The number of aliphatic carboxylic acids is 1. The number of carbonyl (C=O) groups is 1. The van der Waals surface area contributed by atoms with Crippen molar-refractivity contribution in [2.75, 3.05) is 5.75 Å². The summed E-state index contributed by atoms with van der Waals surface area (Å²) in [5.41, 5.74) is 5.30. The Morgan fingerprint density at radius 1 is 1.73 bits per heavy atom. The molecule has 0 saturated heterocycles. The molecule has 0 aromatic rings. The topological polar surface area (TPSA) is 63.3 Å². The van der Waals surface area contributed by atoms with Crippen LogP contribution in [0.1, 0.15) is 20.3 Å². The minimum atomic E-state index is -0.916. The van der Waals surface area contributed by atoms with Gasteiger partial charge in [0.15, 0.2) is 0 Å². The first-order chi connectivity index (χ1) is 5.07. The highest BCUT2D eigenvalue weighted by Crippen LogP contribution is 2.13. The van der Waals surface area contributed by atoms with Crippen LogP contribution in [0.25, 0.3) is 0 Å². The average Bonchev–Trinajstić information content (AvgIpc) is 1.99. The Balaban J connectivity index is 3.45. The number of carboxylic acids is 1. The molecule has 0 amide bonds. The normalized spacial score (nSPS) is 15.9. The lowest BCUT2D eigenvalue weighted by Crippen LogP contribution is -2.33. The summed E-state index contributed by atoms with van der Waals surface area (Å²) < 4.78 is 0. The van der Waals surface area contributed by atoms with Crippen LogP contribution >= 0.6 is 11.8 Å². The molecule has 0 radical (unpaired) electrons. The van der Waals surface area contributed by atoms with Crippen molar-refractivity contribution in [2.24, 2.45) is 5.73 Å². The maximum Gasteiger partial charge on any atom is 0.321 e. The highest BCUT2D eigenvalue weighted by molar-refractivity contribution is 7.99. The highest BCUT2D eigenvalue weighted by Gasteiger charge is 2.12. The Labute approximate surface area is 71.3 Å². The van der Waals surface area contributed by atoms with Crippen LogP contribution in [0.5, 0.6) is 0 Å². The minimum Gasteiger partial charge on any atom is -0.480 e. The third-order valence-electron chi connectivity index (χ3n) is 1.45. The van der Waals surface area contributed by atoms with Gasteiger partial charge in [0.25, 0.3) is 0 Å². The van der Waals surface area contributed by atoms with Crippen LogP contribution in [0, 0.1) is 0 Å². The number of thioether (sulfide) groups is 1. The van der Waals surface area contributed by atoms with E-state index in [4.69, 9.17) is 10.8 Å². The molecular weight excluding hydrogens is 162 g/mol. The molecule has 0 aromatic heterocycles. The van der Waals surface area contributed by atoms with E-state index in [9.17, 15) is 4.79 Å². The summed E-state index contributed by atoms with van der Waals surface area (Å²) in [5, 5.41) is 8.93. The number of hydrogen-bond acceptors (Lipinski definition) is 3. The predicted molar refractivity (Wildman–Crippen MR) is 47.8 cm³/mol. The smallest absolute Gasteiger partial charge is 0.321 e. The Bertz CT molecular complexity index is 130. The first kappa shape index (κ1) is 10.8. The molecule has 66 valence electrons. The van der Waals surface area contributed by atoms with Gasteiger partial charge in [-0.15, -0.1) is 0 Å². The Kier molecular flexibility index (Phi) is 5.32. The Morgan fingerprint density at radius 3 is 2.64 bits per heavy atom. The molecule has 3 N–H and O–H groups in total. The summed E-state index contributed by atoms with van der Waals surface area (Å²) in [4.78, 5) is 10.3. The van der Waals surface area contributed by atoms with Gasteiger partial charge in [0.05, 0.1) is 0 Å². The molecule has 3 nitrogen and oxygen atoms in total. The van der Waals surface area contributed by atoms with E-state index in [1.165, 1.54) is 0 Å². The van der Waals surface area contributed by atoms with Gasteiger partial charge in [-0.2, -0.15) is 11.8 Å². The van der Waals surface area contributed by atoms with Crippen molar-refractivity contribution in [3.8, 4) is 0 Å². The number of carboxylic acid groups (broad SMARTS) is 1. The zero-order chi connectivity index (χ0) is 8.85. The van der Waals surface area contributed by atoms with E-state index in [1.807, 2.05) is 0 Å². The van der Waals surface area contributed by atoms with E-state index in [0.29, 0.717) is 11.0 Å². The molecule has 4 heteroatoms. The first-order valence-corrected chi connectivity index (χ1v) is 4.72. The van der Waals surface area contributed by atoms with E-state index in [2.05, 4.69) is 13.8 Å². The van der Waals surface area contributed by atoms with Crippen LogP contribution in [0.2, 0.25) is 0 Å². The zero-order valence-electron chi connectivity index (χ0n) is 6.91. The molecule has 0 saturated carbocycles. The quantitative estimate of drug-likeness (QED) is 0.655. The van der Waals surface area contributed by atoms with E-state index in [0.717, 1.165) is 6.42 Å². The fourth-order valence-electron chi connectivity index (χ4n) is 0.457. The van der Waals surface area contributed by atoms with E-state index < -0.39 is 12.0 Å². The molecule has 0 aliphatic rings. The lowest BCUT2D eigenvalue weighted by atomic mass is 10.4. The van der Waals surface area contributed by atoms with Crippen molar-refractivity contribution in [1.29, 1.82) is 0 Å². The maximum absolute atomic E-state index is 10.3. The maximum atomic E-state index is 10.3. The SMILES string of the molecule is CC[C@@H](C)SC[C@H](N)C(=O)O. The summed E-state index contributed by atoms with van der Waals surface area (Å²) in [5.74, 6) is -0.412. The van der Waals surface area contributed by atoms with Crippen LogP contribution < -0.4 is 5.73 Å². The minimum absolute atomic E-state index is 0.500. The van der Waals surface area contributed by atoms with Gasteiger partial charge in [-0.3, -0.25) is 4.79 Å². The lowest BCUT2D eigenvalue weighted by molar-refractivity contribution is -0.137. The number of rotatable bonds is 5. The molecule has 0 aliphatic heterocycles. The van der Waals surface area contributed by atoms with Crippen molar-refractivity contribution in [1.82, 2.24) is 0 Å². The average molecular weight is 177 g/mol. The van der Waals surface area contributed by atoms with E-state index in [-0.39, 0.29) is 0 Å². The van der Waals surface area contributed by atoms with Crippen molar-refractivity contribution in [3.63, 3.8) is 0 Å². The van der Waals surface area contributed by atoms with Gasteiger partial charge >= 0.3 is 5.97 Å². The lowest BCUT2D eigenvalue weighted by Gasteiger charge is -2.09. The molecule has 0 heterocycles. The third kappa shape index (κ3) is 5.09. The van der Waals surface area contributed by atoms with Gasteiger partial charge in [-0.05, 0) is 6.42 Å². The summed E-state index contributed by atoms with van der Waals surface area (Å²) in [6, 6.07) is -0.714. The zero-order valence-corrected chi connectivity index (χ0v) is 7.73. The van der Waals surface area contributed by atoms with Crippen molar-refractivity contribution >= 4 is 17.7 Å². The van der Waals surface area contributed by atoms with Crippen molar-refractivity contribution in [2.45, 2.75) is 31.6 Å². The first-order valence-electron chi connectivity index (χ1n) is 3.68. The van der Waals surface area contributed by atoms with Crippen LogP contribution in [0.3, 0.4) is 0 Å². The number of nitrogens with two attached hydrogens (primary N) is 1. The number of hydrogen-bond donors (Lipinski definition) is 2. The molecule has 11 heavy (non-hydrogen) atoms. The van der Waals surface area contributed by atoms with Gasteiger partial charge < -0.3 is 10.8 Å². The van der Waals surface area contributed by atoms with Crippen LogP contribution in [-0.2, 0) is 4.79 Å². The highest BCUT2D eigenvalue weighted by atomic mass is 32.2. The van der Waals surface area contributed by atoms with Crippen LogP contribution in [-0.4, -0.2) is 28.1 Å². The second kappa shape index (κ2) is 5.43. The Hall–Kier alpha value is -0.220. The summed E-state index contributed by atoms with van der Waals surface area (Å²) in [7, 11) is 0. The Morgan fingerprint density at radius 2 is 2.27 bits per heavy atom. The van der Waals surface area contributed by atoms with Gasteiger partial charge in [-0.25, -0.2) is 0 Å². The standard InChI is InChI=1S/C7H15NO2S/c1-3-5(2)11-4-6(8)7(9)10/h5-6H,3-4,8H2,1-2H3,(H,9,10)/t5-,6+/m1/s1. The molecule has 0 aliphatic carbocycles. The summed E-state index contributed by atoms with van der Waals surface area (Å²) in [6.45, 7) is 4.14. The molecule has 0 aromatic carbocycles. The van der Waals surface area contributed by atoms with E-state index >= 15 is 0 Å². The second-order valence-corrected chi connectivity index (χ2v) is 3.97. The van der Waals surface area contributed by atoms with E-state index in [1.54, 1.807) is 11.8 Å². The predicted octanol–water partition coefficient (Wildman–Crippen LogP) is 0.930. The molecule has 0 fully saturated rings. The third-order valence-corrected chi connectivity index (χ3v) is 2.91. The monoisotopic (exact) mass is 177 g/mol. The van der Waals surface area contributed by atoms with Gasteiger partial charge in [0, 0.05) is 11.0 Å². The van der Waals surface area contributed by atoms with Gasteiger partial charge in [0.1, 0.15) is 6.04 Å².